The second kappa shape index (κ2) is 3.10. The molecule has 1 aromatic heterocycles. The van der Waals surface area contributed by atoms with E-state index >= 15 is 0 Å². The standard InChI is InChI=1S/C9H10N2/c1-4-8-7(2)5-6-11-9(8)10-3/h4-6H,1,3H2,2H3. The van der Waals surface area contributed by atoms with Crippen LogP contribution >= 0.6 is 0 Å². The molecule has 2 nitrogen and oxygen atoms in total. The van der Waals surface area contributed by atoms with Crippen molar-refractivity contribution in [2.24, 2.45) is 4.99 Å². The number of hydrogen-bond donors (Lipinski definition) is 0. The molecule has 0 aliphatic rings. The van der Waals surface area contributed by atoms with Crippen LogP contribution in [0.25, 0.3) is 6.08 Å². The van der Waals surface area contributed by atoms with Crippen LogP contribution in [0.5, 0.6) is 0 Å². The molecule has 1 heterocycles. The molecule has 0 saturated carbocycles. The Kier molecular flexibility index (Phi) is 2.16. The lowest BCUT2D eigenvalue weighted by molar-refractivity contribution is 1.24. The Morgan fingerprint density at radius 3 is 2.82 bits per heavy atom. The van der Waals surface area contributed by atoms with Gasteiger partial charge in [-0.1, -0.05) is 12.7 Å². The molecule has 56 valence electrons. The lowest BCUT2D eigenvalue weighted by Crippen LogP contribution is -1.83. The summed E-state index contributed by atoms with van der Waals surface area (Å²) in [5.41, 5.74) is 2.08. The summed E-state index contributed by atoms with van der Waals surface area (Å²) in [6.07, 6.45) is 3.46. The fraction of sp³-hybridized carbons (Fsp3) is 0.111. The summed E-state index contributed by atoms with van der Waals surface area (Å²) in [4.78, 5) is 7.80. The van der Waals surface area contributed by atoms with Gasteiger partial charge in [-0.25, -0.2) is 9.98 Å². The van der Waals surface area contributed by atoms with E-state index in [2.05, 4.69) is 23.3 Å². The molecule has 1 rings (SSSR count). The smallest absolute Gasteiger partial charge is 0.158 e. The molecular formula is C9H10N2. The van der Waals surface area contributed by atoms with Gasteiger partial charge in [-0.2, -0.15) is 0 Å². The third-order valence-corrected chi connectivity index (χ3v) is 1.54. The fourth-order valence-electron chi connectivity index (χ4n) is 0.934. The van der Waals surface area contributed by atoms with Crippen molar-refractivity contribution in [2.75, 3.05) is 0 Å². The van der Waals surface area contributed by atoms with E-state index < -0.39 is 0 Å². The Bertz CT molecular complexity index is 290. The number of aliphatic imine (C=N–C) groups is 1. The molecule has 0 aliphatic heterocycles. The third kappa shape index (κ3) is 1.34. The van der Waals surface area contributed by atoms with Crippen molar-refractivity contribution in [3.05, 3.63) is 30.0 Å². The molecule has 0 amide bonds. The SMILES string of the molecule is C=Cc1c(C)ccnc1N=C. The monoisotopic (exact) mass is 146 g/mol. The zero-order valence-electron chi connectivity index (χ0n) is 6.54. The van der Waals surface area contributed by atoms with Crippen LogP contribution in [-0.2, 0) is 0 Å². The van der Waals surface area contributed by atoms with Crippen LogP contribution in [0, 0.1) is 6.92 Å². The van der Waals surface area contributed by atoms with Crippen molar-refractivity contribution in [1.29, 1.82) is 0 Å². The summed E-state index contributed by atoms with van der Waals surface area (Å²) < 4.78 is 0. The van der Waals surface area contributed by atoms with Crippen molar-refractivity contribution in [3.63, 3.8) is 0 Å². The first kappa shape index (κ1) is 7.66. The van der Waals surface area contributed by atoms with Crippen molar-refractivity contribution in [3.8, 4) is 0 Å². The third-order valence-electron chi connectivity index (χ3n) is 1.54. The highest BCUT2D eigenvalue weighted by Crippen LogP contribution is 2.19. The zero-order valence-corrected chi connectivity index (χ0v) is 6.54. The molecule has 0 fully saturated rings. The van der Waals surface area contributed by atoms with Crippen LogP contribution in [0.4, 0.5) is 5.82 Å². The van der Waals surface area contributed by atoms with Gasteiger partial charge in [0.1, 0.15) is 0 Å². The number of aromatic nitrogens is 1. The van der Waals surface area contributed by atoms with E-state index in [0.717, 1.165) is 11.1 Å². The molecule has 0 atom stereocenters. The summed E-state index contributed by atoms with van der Waals surface area (Å²) >= 11 is 0. The molecule has 0 aromatic carbocycles. The Labute approximate surface area is 66.3 Å². The van der Waals surface area contributed by atoms with Gasteiger partial charge in [-0.05, 0) is 25.3 Å². The van der Waals surface area contributed by atoms with Gasteiger partial charge in [0.15, 0.2) is 5.82 Å². The van der Waals surface area contributed by atoms with Crippen LogP contribution in [0.3, 0.4) is 0 Å². The molecule has 0 spiro atoms. The van der Waals surface area contributed by atoms with Gasteiger partial charge in [0, 0.05) is 11.8 Å². The average molecular weight is 146 g/mol. The molecule has 0 N–H and O–H groups in total. The topological polar surface area (TPSA) is 25.2 Å². The largest absolute Gasteiger partial charge is 0.245 e. The van der Waals surface area contributed by atoms with Crippen molar-refractivity contribution < 1.29 is 0 Å². The molecule has 1 aromatic rings. The maximum absolute atomic E-state index is 4.03. The van der Waals surface area contributed by atoms with Crippen molar-refractivity contribution in [2.45, 2.75) is 6.92 Å². The quantitative estimate of drug-likeness (QED) is 0.588. The second-order valence-corrected chi connectivity index (χ2v) is 2.23. The van der Waals surface area contributed by atoms with Crippen LogP contribution in [0.1, 0.15) is 11.1 Å². The zero-order chi connectivity index (χ0) is 8.27. The molecule has 2 heteroatoms. The number of hydrogen-bond acceptors (Lipinski definition) is 2. The van der Waals surface area contributed by atoms with E-state index in [1.807, 2.05) is 13.0 Å². The Balaban J connectivity index is 3.35. The fourth-order valence-corrected chi connectivity index (χ4v) is 0.934. The van der Waals surface area contributed by atoms with Gasteiger partial charge in [-0.3, -0.25) is 0 Å². The van der Waals surface area contributed by atoms with Gasteiger partial charge >= 0.3 is 0 Å². The lowest BCUT2D eigenvalue weighted by atomic mass is 10.1. The van der Waals surface area contributed by atoms with Crippen LogP contribution in [0.2, 0.25) is 0 Å². The number of pyridine rings is 1. The minimum absolute atomic E-state index is 0.653. The molecule has 0 aliphatic carbocycles. The van der Waals surface area contributed by atoms with E-state index in [1.165, 1.54) is 0 Å². The highest BCUT2D eigenvalue weighted by molar-refractivity contribution is 5.64. The second-order valence-electron chi connectivity index (χ2n) is 2.23. The first-order chi connectivity index (χ1) is 5.29. The Morgan fingerprint density at radius 1 is 1.64 bits per heavy atom. The van der Waals surface area contributed by atoms with E-state index in [9.17, 15) is 0 Å². The Morgan fingerprint density at radius 2 is 2.36 bits per heavy atom. The molecule has 0 unspecified atom stereocenters. The Hall–Kier alpha value is -1.44. The number of nitrogens with zero attached hydrogens (tertiary/aromatic N) is 2. The number of aryl methyl sites for hydroxylation is 1. The van der Waals surface area contributed by atoms with Gasteiger partial charge in [0.05, 0.1) is 0 Å². The summed E-state index contributed by atoms with van der Waals surface area (Å²) in [5.74, 6) is 0.653. The molecule has 11 heavy (non-hydrogen) atoms. The first-order valence-electron chi connectivity index (χ1n) is 3.34. The lowest BCUT2D eigenvalue weighted by Gasteiger charge is -2.01. The minimum Gasteiger partial charge on any atom is -0.245 e. The summed E-state index contributed by atoms with van der Waals surface area (Å²) in [7, 11) is 0. The number of rotatable bonds is 2. The predicted molar refractivity (Wildman–Crippen MR) is 48.3 cm³/mol. The summed E-state index contributed by atoms with van der Waals surface area (Å²) in [5, 5.41) is 0. The van der Waals surface area contributed by atoms with Crippen LogP contribution in [-0.4, -0.2) is 11.7 Å². The maximum Gasteiger partial charge on any atom is 0.158 e. The van der Waals surface area contributed by atoms with Crippen LogP contribution < -0.4 is 0 Å². The molecular weight excluding hydrogens is 136 g/mol. The molecule has 0 saturated heterocycles. The minimum atomic E-state index is 0.653. The highest BCUT2D eigenvalue weighted by atomic mass is 14.9. The maximum atomic E-state index is 4.03. The van der Waals surface area contributed by atoms with Gasteiger partial charge < -0.3 is 0 Å². The molecule has 0 radical (unpaired) electrons. The summed E-state index contributed by atoms with van der Waals surface area (Å²) in [6, 6.07) is 1.92. The van der Waals surface area contributed by atoms with Gasteiger partial charge in [-0.15, -0.1) is 0 Å². The van der Waals surface area contributed by atoms with Crippen LogP contribution in [0.15, 0.2) is 23.8 Å². The first-order valence-corrected chi connectivity index (χ1v) is 3.34. The van der Waals surface area contributed by atoms with Crippen molar-refractivity contribution >= 4 is 18.6 Å². The van der Waals surface area contributed by atoms with E-state index in [-0.39, 0.29) is 0 Å². The predicted octanol–water partition coefficient (Wildman–Crippen LogP) is 2.37. The van der Waals surface area contributed by atoms with Gasteiger partial charge in [0.2, 0.25) is 0 Å². The highest BCUT2D eigenvalue weighted by Gasteiger charge is 1.99. The normalized spacial score (nSPS) is 9.18. The van der Waals surface area contributed by atoms with Crippen molar-refractivity contribution in [1.82, 2.24) is 4.98 Å². The molecule has 0 bridgehead atoms. The average Bonchev–Trinajstić information content (AvgIpc) is 2.04. The van der Waals surface area contributed by atoms with E-state index in [4.69, 9.17) is 0 Å². The van der Waals surface area contributed by atoms with E-state index in [1.54, 1.807) is 12.3 Å². The van der Waals surface area contributed by atoms with Gasteiger partial charge in [0.25, 0.3) is 0 Å². The summed E-state index contributed by atoms with van der Waals surface area (Å²) in [6.45, 7) is 9.09. The van der Waals surface area contributed by atoms with E-state index in [0.29, 0.717) is 5.82 Å².